The molecular formula is C31H39N3O. The minimum atomic E-state index is -0.0597. The Kier molecular flexibility index (Phi) is 8.04. The zero-order chi connectivity index (χ0) is 24.8. The second-order valence-electron chi connectivity index (χ2n) is 10.9. The van der Waals surface area contributed by atoms with Gasteiger partial charge in [-0.25, -0.2) is 0 Å². The first-order valence-corrected chi connectivity index (χ1v) is 12.8. The molecule has 0 unspecified atom stereocenters. The van der Waals surface area contributed by atoms with Crippen LogP contribution in [0.4, 0.5) is 5.69 Å². The van der Waals surface area contributed by atoms with Crippen molar-refractivity contribution in [1.29, 1.82) is 0 Å². The zero-order valence-corrected chi connectivity index (χ0v) is 21.7. The third-order valence-corrected chi connectivity index (χ3v) is 6.77. The Morgan fingerprint density at radius 2 is 1.40 bits per heavy atom. The first-order chi connectivity index (χ1) is 16.8. The third kappa shape index (κ3) is 7.27. The molecule has 1 heterocycles. The predicted molar refractivity (Wildman–Crippen MR) is 146 cm³/mol. The van der Waals surface area contributed by atoms with Crippen molar-refractivity contribution in [2.45, 2.75) is 52.6 Å². The summed E-state index contributed by atoms with van der Waals surface area (Å²) in [6.07, 6.45) is 1.16. The Labute approximate surface area is 211 Å². The van der Waals surface area contributed by atoms with Crippen LogP contribution >= 0.6 is 0 Å². The number of hydrogen-bond donors (Lipinski definition) is 1. The van der Waals surface area contributed by atoms with E-state index in [1.54, 1.807) is 0 Å². The van der Waals surface area contributed by atoms with E-state index < -0.39 is 0 Å². The lowest BCUT2D eigenvalue weighted by atomic mass is 9.87. The number of amides is 1. The number of carbonyl (C=O) groups is 1. The maximum absolute atomic E-state index is 12.9. The number of nitrogens with one attached hydrogen (secondary N) is 1. The minimum Gasteiger partial charge on any atom is -0.322 e. The van der Waals surface area contributed by atoms with E-state index in [4.69, 9.17) is 0 Å². The second-order valence-corrected chi connectivity index (χ2v) is 10.9. The van der Waals surface area contributed by atoms with Crippen LogP contribution in [0.1, 0.15) is 59.8 Å². The van der Waals surface area contributed by atoms with Gasteiger partial charge in [0.05, 0.1) is 0 Å². The van der Waals surface area contributed by atoms with Gasteiger partial charge in [0, 0.05) is 37.4 Å². The average Bonchev–Trinajstić information content (AvgIpc) is 3.04. The summed E-state index contributed by atoms with van der Waals surface area (Å²) in [5.74, 6) is -0.0597. The lowest BCUT2D eigenvalue weighted by Gasteiger charge is -2.22. The molecule has 4 heteroatoms. The van der Waals surface area contributed by atoms with Gasteiger partial charge in [-0.05, 0) is 72.8 Å². The first kappa shape index (κ1) is 25.2. The van der Waals surface area contributed by atoms with Crippen LogP contribution in [0.2, 0.25) is 0 Å². The molecule has 1 aliphatic rings. The molecule has 4 nitrogen and oxygen atoms in total. The SMILES string of the molecule is Cc1cccc(CN2CCCN(Cc3cccc(C(=O)Nc4ccc(C(C)(C)C)cc4)c3)CC2)c1. The molecule has 1 aliphatic heterocycles. The number of anilines is 1. The van der Waals surface area contributed by atoms with Crippen LogP contribution in [0.5, 0.6) is 0 Å². The number of rotatable bonds is 6. The third-order valence-electron chi connectivity index (χ3n) is 6.77. The number of nitrogens with zero attached hydrogens (tertiary/aromatic N) is 2. The highest BCUT2D eigenvalue weighted by Crippen LogP contribution is 2.24. The Bertz CT molecular complexity index is 1130. The van der Waals surface area contributed by atoms with Crippen molar-refractivity contribution in [2.24, 2.45) is 0 Å². The Balaban J connectivity index is 1.32. The Morgan fingerprint density at radius 3 is 2.00 bits per heavy atom. The van der Waals surface area contributed by atoms with E-state index in [9.17, 15) is 4.79 Å². The maximum Gasteiger partial charge on any atom is 0.255 e. The molecule has 4 rings (SSSR count). The number of carbonyl (C=O) groups excluding carboxylic acids is 1. The Morgan fingerprint density at radius 1 is 0.800 bits per heavy atom. The molecule has 0 spiro atoms. The summed E-state index contributed by atoms with van der Waals surface area (Å²) in [5.41, 5.74) is 6.80. The number of hydrogen-bond acceptors (Lipinski definition) is 3. The monoisotopic (exact) mass is 469 g/mol. The van der Waals surface area contributed by atoms with Crippen LogP contribution < -0.4 is 5.32 Å². The standard InChI is InChI=1S/C31H39N3O/c1-24-8-5-9-25(20-24)22-33-16-7-17-34(19-18-33)23-26-10-6-11-27(21-26)30(35)32-29-14-12-28(13-15-29)31(2,3)4/h5-6,8-15,20-21H,7,16-19,22-23H2,1-4H3,(H,32,35). The molecule has 0 radical (unpaired) electrons. The van der Waals surface area contributed by atoms with Crippen LogP contribution in [0, 0.1) is 6.92 Å². The van der Waals surface area contributed by atoms with Crippen molar-refractivity contribution in [3.63, 3.8) is 0 Å². The summed E-state index contributed by atoms with van der Waals surface area (Å²) in [5, 5.41) is 3.05. The van der Waals surface area contributed by atoms with E-state index in [2.05, 4.69) is 85.3 Å². The van der Waals surface area contributed by atoms with Gasteiger partial charge in [-0.2, -0.15) is 0 Å². The molecule has 3 aromatic carbocycles. The fraction of sp³-hybridized carbons (Fsp3) is 0.387. The van der Waals surface area contributed by atoms with E-state index in [1.165, 1.54) is 22.3 Å². The van der Waals surface area contributed by atoms with Crippen LogP contribution in [0.15, 0.2) is 72.8 Å². The minimum absolute atomic E-state index is 0.0597. The van der Waals surface area contributed by atoms with E-state index >= 15 is 0 Å². The van der Waals surface area contributed by atoms with Crippen molar-refractivity contribution >= 4 is 11.6 Å². The maximum atomic E-state index is 12.9. The van der Waals surface area contributed by atoms with Crippen LogP contribution in [0.3, 0.4) is 0 Å². The normalized spacial score (nSPS) is 15.5. The molecule has 1 N–H and O–H groups in total. The van der Waals surface area contributed by atoms with Gasteiger partial charge in [0.1, 0.15) is 0 Å². The summed E-state index contributed by atoms with van der Waals surface area (Å²) >= 11 is 0. The zero-order valence-electron chi connectivity index (χ0n) is 21.7. The van der Waals surface area contributed by atoms with Gasteiger partial charge in [0.2, 0.25) is 0 Å². The highest BCUT2D eigenvalue weighted by Gasteiger charge is 2.17. The summed E-state index contributed by atoms with van der Waals surface area (Å²) in [4.78, 5) is 18.0. The Hall–Kier alpha value is -2.95. The van der Waals surface area contributed by atoms with Gasteiger partial charge in [0.25, 0.3) is 5.91 Å². The van der Waals surface area contributed by atoms with E-state index in [-0.39, 0.29) is 11.3 Å². The van der Waals surface area contributed by atoms with E-state index in [0.717, 1.165) is 51.4 Å². The van der Waals surface area contributed by atoms with Crippen molar-refractivity contribution in [3.05, 3.63) is 101 Å². The molecule has 1 fully saturated rings. The smallest absolute Gasteiger partial charge is 0.255 e. The largest absolute Gasteiger partial charge is 0.322 e. The van der Waals surface area contributed by atoms with Crippen molar-refractivity contribution in [2.75, 3.05) is 31.5 Å². The quantitative estimate of drug-likeness (QED) is 0.463. The number of benzene rings is 3. The summed E-state index contributed by atoms with van der Waals surface area (Å²) in [6.45, 7) is 14.9. The lowest BCUT2D eigenvalue weighted by Crippen LogP contribution is -2.30. The van der Waals surface area contributed by atoms with Gasteiger partial charge >= 0.3 is 0 Å². The van der Waals surface area contributed by atoms with Gasteiger partial charge in [-0.3, -0.25) is 14.6 Å². The molecular weight excluding hydrogens is 430 g/mol. The highest BCUT2D eigenvalue weighted by atomic mass is 16.1. The predicted octanol–water partition coefficient (Wildman–Crippen LogP) is 6.25. The van der Waals surface area contributed by atoms with Crippen molar-refractivity contribution < 1.29 is 4.79 Å². The van der Waals surface area contributed by atoms with Gasteiger partial charge in [-0.15, -0.1) is 0 Å². The second kappa shape index (κ2) is 11.2. The van der Waals surface area contributed by atoms with E-state index in [1.807, 2.05) is 30.3 Å². The van der Waals surface area contributed by atoms with Crippen LogP contribution in [0.25, 0.3) is 0 Å². The van der Waals surface area contributed by atoms with Crippen molar-refractivity contribution in [1.82, 2.24) is 9.80 Å². The fourth-order valence-electron chi connectivity index (χ4n) is 4.74. The first-order valence-electron chi connectivity index (χ1n) is 12.8. The van der Waals surface area contributed by atoms with E-state index in [0.29, 0.717) is 5.56 Å². The molecule has 3 aromatic rings. The highest BCUT2D eigenvalue weighted by molar-refractivity contribution is 6.04. The topological polar surface area (TPSA) is 35.6 Å². The molecule has 1 saturated heterocycles. The summed E-state index contributed by atoms with van der Waals surface area (Å²) in [6, 6.07) is 25.0. The average molecular weight is 470 g/mol. The number of aryl methyl sites for hydroxylation is 1. The van der Waals surface area contributed by atoms with Crippen molar-refractivity contribution in [3.8, 4) is 0 Å². The summed E-state index contributed by atoms with van der Waals surface area (Å²) in [7, 11) is 0. The van der Waals surface area contributed by atoms with Gasteiger partial charge < -0.3 is 5.32 Å². The molecule has 0 aromatic heterocycles. The van der Waals surface area contributed by atoms with Crippen LogP contribution in [-0.2, 0) is 18.5 Å². The molecule has 0 atom stereocenters. The fourth-order valence-corrected chi connectivity index (χ4v) is 4.74. The molecule has 0 saturated carbocycles. The molecule has 35 heavy (non-hydrogen) atoms. The molecule has 184 valence electrons. The lowest BCUT2D eigenvalue weighted by molar-refractivity contribution is 0.102. The molecule has 0 aliphatic carbocycles. The van der Waals surface area contributed by atoms with Gasteiger partial charge in [-0.1, -0.05) is 74.9 Å². The van der Waals surface area contributed by atoms with Gasteiger partial charge in [0.15, 0.2) is 0 Å². The van der Waals surface area contributed by atoms with Crippen LogP contribution in [-0.4, -0.2) is 41.9 Å². The molecule has 1 amide bonds. The summed E-state index contributed by atoms with van der Waals surface area (Å²) < 4.78 is 0. The molecule has 0 bridgehead atoms.